The average molecular weight is 362 g/mol. The van der Waals surface area contributed by atoms with Crippen LogP contribution in [0.5, 0.6) is 5.75 Å². The number of para-hydroxylation sites is 1. The van der Waals surface area contributed by atoms with Crippen molar-refractivity contribution in [2.24, 2.45) is 0 Å². The standard InChI is InChI=1S/C21H22N4O2/c22-20-18(13-17(23-24-20)16-9-4-5-10-19(16)26)25-12-6-11-21(27,14-25)15-7-2-1-3-8-15/h1-5,7-10,13,26-27H,6,11-12,14H2,(H2,22,24). The van der Waals surface area contributed by atoms with Crippen LogP contribution in [0.25, 0.3) is 11.3 Å². The van der Waals surface area contributed by atoms with E-state index in [1.165, 1.54) is 0 Å². The lowest BCUT2D eigenvalue weighted by molar-refractivity contribution is 0.0220. The van der Waals surface area contributed by atoms with Crippen molar-refractivity contribution in [1.29, 1.82) is 0 Å². The van der Waals surface area contributed by atoms with Gasteiger partial charge in [-0.25, -0.2) is 0 Å². The van der Waals surface area contributed by atoms with Crippen LogP contribution < -0.4 is 10.6 Å². The summed E-state index contributed by atoms with van der Waals surface area (Å²) >= 11 is 0. The highest BCUT2D eigenvalue weighted by Gasteiger charge is 2.35. The maximum atomic E-state index is 11.2. The number of hydrogen-bond donors (Lipinski definition) is 3. The highest BCUT2D eigenvalue weighted by molar-refractivity contribution is 5.74. The van der Waals surface area contributed by atoms with Gasteiger partial charge >= 0.3 is 0 Å². The van der Waals surface area contributed by atoms with Crippen LogP contribution in [0.1, 0.15) is 18.4 Å². The minimum atomic E-state index is -0.940. The molecule has 1 saturated heterocycles. The topological polar surface area (TPSA) is 95.5 Å². The molecule has 1 unspecified atom stereocenters. The van der Waals surface area contributed by atoms with Crippen molar-refractivity contribution in [1.82, 2.24) is 10.2 Å². The third-order valence-corrected chi connectivity index (χ3v) is 5.10. The molecule has 138 valence electrons. The van der Waals surface area contributed by atoms with E-state index in [2.05, 4.69) is 10.2 Å². The van der Waals surface area contributed by atoms with Gasteiger partial charge in [0, 0.05) is 12.1 Å². The van der Waals surface area contributed by atoms with Gasteiger partial charge in [-0.15, -0.1) is 10.2 Å². The molecular formula is C21H22N4O2. The number of nitrogens with zero attached hydrogens (tertiary/aromatic N) is 3. The highest BCUT2D eigenvalue weighted by atomic mass is 16.3. The number of aliphatic hydroxyl groups is 1. The summed E-state index contributed by atoms with van der Waals surface area (Å²) in [5.74, 6) is 0.452. The smallest absolute Gasteiger partial charge is 0.169 e. The van der Waals surface area contributed by atoms with Gasteiger partial charge in [-0.3, -0.25) is 0 Å². The fourth-order valence-corrected chi connectivity index (χ4v) is 3.69. The largest absolute Gasteiger partial charge is 0.507 e. The monoisotopic (exact) mass is 362 g/mol. The molecule has 0 bridgehead atoms. The first-order valence-electron chi connectivity index (χ1n) is 9.01. The van der Waals surface area contributed by atoms with Gasteiger partial charge in [-0.05, 0) is 36.6 Å². The van der Waals surface area contributed by atoms with Gasteiger partial charge in [0.1, 0.15) is 11.4 Å². The molecule has 4 rings (SSSR count). The van der Waals surface area contributed by atoms with Crippen molar-refractivity contribution < 1.29 is 10.2 Å². The third kappa shape index (κ3) is 3.31. The summed E-state index contributed by atoms with van der Waals surface area (Å²) in [5.41, 5.74) is 7.93. The average Bonchev–Trinajstić information content (AvgIpc) is 2.70. The Hall–Kier alpha value is -3.12. The lowest BCUT2D eigenvalue weighted by Crippen LogP contribution is -2.46. The van der Waals surface area contributed by atoms with Crippen LogP contribution in [0.2, 0.25) is 0 Å². The minimum Gasteiger partial charge on any atom is -0.507 e. The molecular weight excluding hydrogens is 340 g/mol. The number of nitrogen functional groups attached to an aromatic ring is 1. The minimum absolute atomic E-state index is 0.141. The van der Waals surface area contributed by atoms with Gasteiger partial charge in [-0.1, -0.05) is 42.5 Å². The number of benzene rings is 2. The van der Waals surface area contributed by atoms with Gasteiger partial charge in [0.2, 0.25) is 0 Å². The Kier molecular flexibility index (Phi) is 4.41. The van der Waals surface area contributed by atoms with E-state index in [-0.39, 0.29) is 5.75 Å². The summed E-state index contributed by atoms with van der Waals surface area (Å²) in [6.45, 7) is 1.19. The molecule has 1 aliphatic rings. The van der Waals surface area contributed by atoms with Crippen molar-refractivity contribution >= 4 is 11.5 Å². The molecule has 4 N–H and O–H groups in total. The van der Waals surface area contributed by atoms with Crippen molar-refractivity contribution in [3.63, 3.8) is 0 Å². The summed E-state index contributed by atoms with van der Waals surface area (Å²) in [6, 6.07) is 18.5. The lowest BCUT2D eigenvalue weighted by atomic mass is 9.85. The van der Waals surface area contributed by atoms with Crippen LogP contribution in [0.4, 0.5) is 11.5 Å². The summed E-state index contributed by atoms with van der Waals surface area (Å²) < 4.78 is 0. The van der Waals surface area contributed by atoms with E-state index in [0.717, 1.165) is 24.2 Å². The number of piperidine rings is 1. The Labute approximate surface area is 157 Å². The normalized spacial score (nSPS) is 19.8. The number of hydrogen-bond acceptors (Lipinski definition) is 6. The van der Waals surface area contributed by atoms with Gasteiger partial charge in [0.05, 0.1) is 17.9 Å². The zero-order chi connectivity index (χ0) is 18.9. The van der Waals surface area contributed by atoms with Crippen molar-refractivity contribution in [3.05, 3.63) is 66.2 Å². The maximum absolute atomic E-state index is 11.2. The lowest BCUT2D eigenvalue weighted by Gasteiger charge is -2.41. The van der Waals surface area contributed by atoms with Crippen LogP contribution in [0, 0.1) is 0 Å². The molecule has 2 aromatic carbocycles. The van der Waals surface area contributed by atoms with E-state index in [1.807, 2.05) is 47.4 Å². The van der Waals surface area contributed by atoms with Crippen LogP contribution in [0.15, 0.2) is 60.7 Å². The van der Waals surface area contributed by atoms with Gasteiger partial charge < -0.3 is 20.8 Å². The molecule has 6 nitrogen and oxygen atoms in total. The first-order valence-corrected chi connectivity index (χ1v) is 9.01. The summed E-state index contributed by atoms with van der Waals surface area (Å²) in [7, 11) is 0. The second kappa shape index (κ2) is 6.89. The molecule has 0 saturated carbocycles. The van der Waals surface area contributed by atoms with Crippen molar-refractivity contribution in [2.45, 2.75) is 18.4 Å². The predicted molar refractivity (Wildman–Crippen MR) is 105 cm³/mol. The van der Waals surface area contributed by atoms with Gasteiger partial charge in [-0.2, -0.15) is 0 Å². The molecule has 0 radical (unpaired) electrons. The first kappa shape index (κ1) is 17.3. The summed E-state index contributed by atoms with van der Waals surface area (Å²) in [5, 5.41) is 29.6. The van der Waals surface area contributed by atoms with Crippen LogP contribution >= 0.6 is 0 Å². The quantitative estimate of drug-likeness (QED) is 0.663. The molecule has 0 amide bonds. The van der Waals surface area contributed by atoms with Crippen LogP contribution in [-0.4, -0.2) is 33.5 Å². The van der Waals surface area contributed by atoms with E-state index in [1.54, 1.807) is 18.2 Å². The summed E-state index contributed by atoms with van der Waals surface area (Å²) in [6.07, 6.45) is 1.53. The van der Waals surface area contributed by atoms with E-state index in [4.69, 9.17) is 5.73 Å². The Morgan fingerprint density at radius 3 is 2.52 bits per heavy atom. The first-order chi connectivity index (χ1) is 13.1. The van der Waals surface area contributed by atoms with E-state index in [0.29, 0.717) is 30.0 Å². The second-order valence-corrected chi connectivity index (χ2v) is 6.94. The highest BCUT2D eigenvalue weighted by Crippen LogP contribution is 2.37. The Balaban J connectivity index is 1.69. The molecule has 6 heteroatoms. The van der Waals surface area contributed by atoms with Gasteiger partial charge in [0.25, 0.3) is 0 Å². The number of phenols is 1. The predicted octanol–water partition coefficient (Wildman–Crippen LogP) is 2.92. The molecule has 27 heavy (non-hydrogen) atoms. The Bertz CT molecular complexity index is 948. The van der Waals surface area contributed by atoms with Crippen molar-refractivity contribution in [3.8, 4) is 17.0 Å². The maximum Gasteiger partial charge on any atom is 0.169 e. The zero-order valence-electron chi connectivity index (χ0n) is 14.9. The Morgan fingerprint density at radius 2 is 1.74 bits per heavy atom. The second-order valence-electron chi connectivity index (χ2n) is 6.94. The molecule has 1 aromatic heterocycles. The SMILES string of the molecule is Nc1nnc(-c2ccccc2O)cc1N1CCCC(O)(c2ccccc2)C1. The molecule has 2 heterocycles. The summed E-state index contributed by atoms with van der Waals surface area (Å²) in [4.78, 5) is 2.05. The van der Waals surface area contributed by atoms with E-state index < -0.39 is 5.60 Å². The third-order valence-electron chi connectivity index (χ3n) is 5.10. The zero-order valence-corrected chi connectivity index (χ0v) is 14.9. The van der Waals surface area contributed by atoms with Crippen molar-refractivity contribution in [2.75, 3.05) is 23.7 Å². The molecule has 1 fully saturated rings. The number of nitrogens with two attached hydrogens (primary N) is 1. The fraction of sp³-hybridized carbons (Fsp3) is 0.238. The number of aromatic hydroxyl groups is 1. The molecule has 0 spiro atoms. The number of aromatic nitrogens is 2. The molecule has 1 atom stereocenters. The number of rotatable bonds is 3. The molecule has 0 aliphatic carbocycles. The molecule has 3 aromatic rings. The number of phenolic OH excluding ortho intramolecular Hbond substituents is 1. The number of β-amino-alcohol motifs (C(OH)–C–C–N with tert-alkyl or cyclic N) is 1. The fourth-order valence-electron chi connectivity index (χ4n) is 3.69. The van der Waals surface area contributed by atoms with E-state index >= 15 is 0 Å². The van der Waals surface area contributed by atoms with Crippen LogP contribution in [0.3, 0.4) is 0 Å². The Morgan fingerprint density at radius 1 is 1.00 bits per heavy atom. The molecule has 1 aliphatic heterocycles. The van der Waals surface area contributed by atoms with Crippen LogP contribution in [-0.2, 0) is 5.60 Å². The number of anilines is 2. The van der Waals surface area contributed by atoms with E-state index in [9.17, 15) is 10.2 Å². The van der Waals surface area contributed by atoms with Gasteiger partial charge in [0.15, 0.2) is 5.82 Å².